The van der Waals surface area contributed by atoms with E-state index in [-0.39, 0.29) is 24.0 Å². The summed E-state index contributed by atoms with van der Waals surface area (Å²) in [4.78, 5) is 7.16. The number of guanidine groups is 1. The molecule has 2 atom stereocenters. The predicted molar refractivity (Wildman–Crippen MR) is 137 cm³/mol. The standard InChI is InChI=1S/C23H38N4O3.HI/c1-3-24-23(25-12-7-14-29-17-19-11-15-30-18-19)26-20-8-6-13-27(16-20)21-9-4-5-10-22(21)28-2;/h4-5,9-10,19-20H,3,6-8,11-18H2,1-2H3,(H2,24,25,26);1H. The molecule has 2 saturated heterocycles. The molecule has 2 aliphatic rings. The van der Waals surface area contributed by atoms with Crippen molar-refractivity contribution >= 4 is 35.6 Å². The van der Waals surface area contributed by atoms with Crippen molar-refractivity contribution in [2.75, 3.05) is 64.6 Å². The lowest BCUT2D eigenvalue weighted by molar-refractivity contribution is 0.0893. The normalized spacial score (nSPS) is 21.5. The van der Waals surface area contributed by atoms with E-state index in [0.717, 1.165) is 90.0 Å². The van der Waals surface area contributed by atoms with Gasteiger partial charge in [-0.3, -0.25) is 4.99 Å². The summed E-state index contributed by atoms with van der Waals surface area (Å²) in [6, 6.07) is 8.61. The Morgan fingerprint density at radius 2 is 2.16 bits per heavy atom. The van der Waals surface area contributed by atoms with Gasteiger partial charge in [-0.2, -0.15) is 0 Å². The summed E-state index contributed by atoms with van der Waals surface area (Å²) >= 11 is 0. The molecule has 31 heavy (non-hydrogen) atoms. The van der Waals surface area contributed by atoms with Gasteiger partial charge in [-0.15, -0.1) is 24.0 Å². The highest BCUT2D eigenvalue weighted by Gasteiger charge is 2.22. The summed E-state index contributed by atoms with van der Waals surface area (Å²) in [5, 5.41) is 7.01. The van der Waals surface area contributed by atoms with Crippen LogP contribution < -0.4 is 20.3 Å². The molecule has 0 aromatic heterocycles. The first-order valence-corrected chi connectivity index (χ1v) is 11.4. The second-order valence-electron chi connectivity index (χ2n) is 8.02. The van der Waals surface area contributed by atoms with Gasteiger partial charge in [-0.25, -0.2) is 0 Å². The molecular formula is C23H39IN4O3. The molecule has 0 spiro atoms. The minimum Gasteiger partial charge on any atom is -0.495 e. The number of aliphatic imine (C=N–C) groups is 1. The summed E-state index contributed by atoms with van der Waals surface area (Å²) < 4.78 is 16.7. The van der Waals surface area contributed by atoms with E-state index in [0.29, 0.717) is 12.0 Å². The van der Waals surface area contributed by atoms with E-state index in [9.17, 15) is 0 Å². The summed E-state index contributed by atoms with van der Waals surface area (Å²) in [7, 11) is 1.74. The Kier molecular flexibility index (Phi) is 12.4. The number of piperidine rings is 1. The topological polar surface area (TPSA) is 67.4 Å². The summed E-state index contributed by atoms with van der Waals surface area (Å²) in [6.07, 6.45) is 4.35. The fraction of sp³-hybridized carbons (Fsp3) is 0.696. The molecule has 2 heterocycles. The fourth-order valence-electron chi connectivity index (χ4n) is 4.04. The number of nitrogens with one attached hydrogen (secondary N) is 2. The lowest BCUT2D eigenvalue weighted by Gasteiger charge is -2.36. The third-order valence-electron chi connectivity index (χ3n) is 5.63. The number of rotatable bonds is 10. The van der Waals surface area contributed by atoms with Crippen molar-refractivity contribution in [2.45, 2.75) is 38.6 Å². The molecule has 0 amide bonds. The molecule has 0 aliphatic carbocycles. The van der Waals surface area contributed by atoms with Crippen LogP contribution in [0.15, 0.2) is 29.3 Å². The van der Waals surface area contributed by atoms with Crippen molar-refractivity contribution in [3.05, 3.63) is 24.3 Å². The molecule has 3 rings (SSSR count). The van der Waals surface area contributed by atoms with Crippen molar-refractivity contribution in [3.63, 3.8) is 0 Å². The SMILES string of the molecule is CCNC(=NCCCOCC1CCOC1)NC1CCCN(c2ccccc2OC)C1.I. The number of nitrogens with zero attached hydrogens (tertiary/aromatic N) is 2. The number of methoxy groups -OCH3 is 1. The Hall–Kier alpha value is -1.26. The maximum absolute atomic E-state index is 5.79. The third-order valence-corrected chi connectivity index (χ3v) is 5.63. The predicted octanol–water partition coefficient (Wildman–Crippen LogP) is 3.28. The fourth-order valence-corrected chi connectivity index (χ4v) is 4.04. The van der Waals surface area contributed by atoms with Crippen molar-refractivity contribution in [1.29, 1.82) is 0 Å². The van der Waals surface area contributed by atoms with Gasteiger partial charge < -0.3 is 29.7 Å². The van der Waals surface area contributed by atoms with E-state index in [4.69, 9.17) is 19.2 Å². The number of ether oxygens (including phenoxy) is 3. The molecule has 2 aliphatic heterocycles. The average Bonchev–Trinajstić information content (AvgIpc) is 3.30. The molecule has 7 nitrogen and oxygen atoms in total. The number of hydrogen-bond acceptors (Lipinski definition) is 5. The zero-order chi connectivity index (χ0) is 21.0. The molecule has 2 fully saturated rings. The number of benzene rings is 1. The molecule has 2 unspecified atom stereocenters. The van der Waals surface area contributed by atoms with Crippen LogP contribution in [0, 0.1) is 5.92 Å². The highest BCUT2D eigenvalue weighted by molar-refractivity contribution is 14.0. The molecule has 0 radical (unpaired) electrons. The van der Waals surface area contributed by atoms with Crippen LogP contribution >= 0.6 is 24.0 Å². The first-order chi connectivity index (χ1) is 14.8. The third kappa shape index (κ3) is 8.65. The molecule has 0 bridgehead atoms. The quantitative estimate of drug-likeness (QED) is 0.203. The van der Waals surface area contributed by atoms with Gasteiger partial charge in [0.05, 0.1) is 26.0 Å². The Labute approximate surface area is 204 Å². The summed E-state index contributed by atoms with van der Waals surface area (Å²) in [6.45, 7) is 9.00. The second-order valence-corrected chi connectivity index (χ2v) is 8.02. The lowest BCUT2D eigenvalue weighted by atomic mass is 10.0. The number of para-hydroxylation sites is 2. The van der Waals surface area contributed by atoms with Gasteiger partial charge in [0.1, 0.15) is 5.75 Å². The summed E-state index contributed by atoms with van der Waals surface area (Å²) in [5.41, 5.74) is 1.17. The van der Waals surface area contributed by atoms with Crippen LogP contribution in [0.25, 0.3) is 0 Å². The van der Waals surface area contributed by atoms with Gasteiger partial charge in [0.2, 0.25) is 0 Å². The second kappa shape index (κ2) is 14.7. The van der Waals surface area contributed by atoms with Gasteiger partial charge in [0.25, 0.3) is 0 Å². The molecule has 1 aromatic carbocycles. The molecular weight excluding hydrogens is 507 g/mol. The van der Waals surface area contributed by atoms with Crippen molar-refractivity contribution in [1.82, 2.24) is 10.6 Å². The first kappa shape index (κ1) is 26.0. The molecule has 8 heteroatoms. The van der Waals surface area contributed by atoms with E-state index < -0.39 is 0 Å². The molecule has 176 valence electrons. The Morgan fingerprint density at radius 3 is 2.94 bits per heavy atom. The molecule has 0 saturated carbocycles. The largest absolute Gasteiger partial charge is 0.495 e. The minimum atomic E-state index is 0. The Bertz CT molecular complexity index is 655. The number of anilines is 1. The van der Waals surface area contributed by atoms with Gasteiger partial charge in [-0.05, 0) is 44.7 Å². The first-order valence-electron chi connectivity index (χ1n) is 11.4. The van der Waals surface area contributed by atoms with Crippen LogP contribution in [0.5, 0.6) is 5.75 Å². The highest BCUT2D eigenvalue weighted by Crippen LogP contribution is 2.29. The average molecular weight is 546 g/mol. The van der Waals surface area contributed by atoms with Crippen molar-refractivity contribution in [3.8, 4) is 5.75 Å². The van der Waals surface area contributed by atoms with Gasteiger partial charge >= 0.3 is 0 Å². The van der Waals surface area contributed by atoms with Crippen molar-refractivity contribution in [2.24, 2.45) is 10.9 Å². The van der Waals surface area contributed by atoms with Crippen LogP contribution in [0.4, 0.5) is 5.69 Å². The Balaban J connectivity index is 0.00000341. The van der Waals surface area contributed by atoms with E-state index >= 15 is 0 Å². The van der Waals surface area contributed by atoms with Gasteiger partial charge in [-0.1, -0.05) is 12.1 Å². The Morgan fingerprint density at radius 1 is 1.29 bits per heavy atom. The molecule has 1 aromatic rings. The molecule has 2 N–H and O–H groups in total. The van der Waals surface area contributed by atoms with Gasteiger partial charge in [0, 0.05) is 51.4 Å². The van der Waals surface area contributed by atoms with Crippen molar-refractivity contribution < 1.29 is 14.2 Å². The zero-order valence-corrected chi connectivity index (χ0v) is 21.3. The monoisotopic (exact) mass is 546 g/mol. The number of halogens is 1. The van der Waals surface area contributed by atoms with E-state index in [1.807, 2.05) is 12.1 Å². The van der Waals surface area contributed by atoms with E-state index in [1.165, 1.54) is 5.69 Å². The zero-order valence-electron chi connectivity index (χ0n) is 19.0. The number of hydrogen-bond donors (Lipinski definition) is 2. The summed E-state index contributed by atoms with van der Waals surface area (Å²) in [5.74, 6) is 2.40. The van der Waals surface area contributed by atoms with Gasteiger partial charge in [0.15, 0.2) is 5.96 Å². The van der Waals surface area contributed by atoms with Crippen LogP contribution in [0.2, 0.25) is 0 Å². The van der Waals surface area contributed by atoms with Crippen LogP contribution in [-0.4, -0.2) is 71.7 Å². The highest BCUT2D eigenvalue weighted by atomic mass is 127. The van der Waals surface area contributed by atoms with Crippen LogP contribution in [-0.2, 0) is 9.47 Å². The smallest absolute Gasteiger partial charge is 0.191 e. The maximum atomic E-state index is 5.79. The van der Waals surface area contributed by atoms with E-state index in [1.54, 1.807) is 7.11 Å². The minimum absolute atomic E-state index is 0. The van der Waals surface area contributed by atoms with E-state index in [2.05, 4.69) is 34.6 Å². The van der Waals surface area contributed by atoms with Crippen LogP contribution in [0.3, 0.4) is 0 Å². The van der Waals surface area contributed by atoms with Crippen LogP contribution in [0.1, 0.15) is 32.6 Å². The maximum Gasteiger partial charge on any atom is 0.191 e. The lowest BCUT2D eigenvalue weighted by Crippen LogP contribution is -2.51.